The van der Waals surface area contributed by atoms with Gasteiger partial charge in [-0.2, -0.15) is 0 Å². The van der Waals surface area contributed by atoms with Crippen LogP contribution >= 0.6 is 0 Å². The van der Waals surface area contributed by atoms with Crippen LogP contribution in [0, 0.1) is 0 Å². The van der Waals surface area contributed by atoms with Crippen LogP contribution in [0.15, 0.2) is 24.3 Å². The van der Waals surface area contributed by atoms with Crippen LogP contribution in [0.1, 0.15) is 56.3 Å². The van der Waals surface area contributed by atoms with Gasteiger partial charge in [0, 0.05) is 18.1 Å². The van der Waals surface area contributed by atoms with Gasteiger partial charge in [0.05, 0.1) is 0 Å². The molecule has 2 unspecified atom stereocenters. The molecule has 16 heavy (non-hydrogen) atoms. The van der Waals surface area contributed by atoms with Gasteiger partial charge in [-0.1, -0.05) is 38.1 Å². The highest BCUT2D eigenvalue weighted by Gasteiger charge is 2.28. The maximum absolute atomic E-state index is 6.16. The lowest BCUT2D eigenvalue weighted by molar-refractivity contribution is 0.401. The van der Waals surface area contributed by atoms with Crippen molar-refractivity contribution >= 4 is 0 Å². The minimum Gasteiger partial charge on any atom is -0.324 e. The molecule has 0 saturated heterocycles. The van der Waals surface area contributed by atoms with Gasteiger partial charge in [0.15, 0.2) is 0 Å². The van der Waals surface area contributed by atoms with Crippen LogP contribution < -0.4 is 11.1 Å². The molecule has 88 valence electrons. The Morgan fingerprint density at radius 3 is 2.50 bits per heavy atom. The summed E-state index contributed by atoms with van der Waals surface area (Å²) >= 11 is 0. The maximum atomic E-state index is 6.16. The first kappa shape index (κ1) is 11.6. The van der Waals surface area contributed by atoms with E-state index in [9.17, 15) is 0 Å². The molecule has 2 nitrogen and oxygen atoms in total. The molecule has 2 rings (SSSR count). The predicted octanol–water partition coefficient (Wildman–Crippen LogP) is 2.91. The summed E-state index contributed by atoms with van der Waals surface area (Å²) in [5, 5.41) is 3.72. The minimum atomic E-state index is 0.211. The summed E-state index contributed by atoms with van der Waals surface area (Å²) in [4.78, 5) is 0. The molecular formula is C14H22N2. The molecule has 0 saturated carbocycles. The fraction of sp³-hybridized carbons (Fsp3) is 0.571. The van der Waals surface area contributed by atoms with Crippen LogP contribution in [-0.4, -0.2) is 6.04 Å². The molecule has 0 heterocycles. The molecule has 0 radical (unpaired) electrons. The third-order valence-electron chi connectivity index (χ3n) is 3.68. The largest absolute Gasteiger partial charge is 0.324 e. The molecule has 2 heteroatoms. The highest BCUT2D eigenvalue weighted by Crippen LogP contribution is 2.37. The van der Waals surface area contributed by atoms with E-state index in [1.807, 2.05) is 0 Å². The van der Waals surface area contributed by atoms with Gasteiger partial charge in [0.2, 0.25) is 0 Å². The Hall–Kier alpha value is -0.860. The average Bonchev–Trinajstić information content (AvgIpc) is 2.64. The van der Waals surface area contributed by atoms with Crippen molar-refractivity contribution in [3.8, 4) is 0 Å². The molecule has 0 amide bonds. The lowest BCUT2D eigenvalue weighted by atomic mass is 10.1. The Labute approximate surface area is 98.2 Å². The second kappa shape index (κ2) is 4.98. The minimum absolute atomic E-state index is 0.211. The van der Waals surface area contributed by atoms with Gasteiger partial charge in [0.1, 0.15) is 0 Å². The van der Waals surface area contributed by atoms with E-state index in [1.165, 1.54) is 24.0 Å². The van der Waals surface area contributed by atoms with E-state index in [0.717, 1.165) is 6.42 Å². The number of nitrogens with two attached hydrogens (primary N) is 1. The summed E-state index contributed by atoms with van der Waals surface area (Å²) in [7, 11) is 0. The zero-order valence-electron chi connectivity index (χ0n) is 10.2. The Morgan fingerprint density at radius 1 is 1.25 bits per heavy atom. The van der Waals surface area contributed by atoms with Crippen molar-refractivity contribution in [1.82, 2.24) is 5.32 Å². The SMILES string of the molecule is CCC(CC)NC1CC(N)c2ccccc21. The Morgan fingerprint density at radius 2 is 1.88 bits per heavy atom. The van der Waals surface area contributed by atoms with Gasteiger partial charge in [0.25, 0.3) is 0 Å². The summed E-state index contributed by atoms with van der Waals surface area (Å²) in [6, 6.07) is 9.84. The lowest BCUT2D eigenvalue weighted by Gasteiger charge is -2.21. The zero-order valence-corrected chi connectivity index (χ0v) is 10.2. The molecule has 0 bridgehead atoms. The first-order chi connectivity index (χ1) is 7.76. The molecular weight excluding hydrogens is 196 g/mol. The fourth-order valence-electron chi connectivity index (χ4n) is 2.64. The van der Waals surface area contributed by atoms with Crippen LogP contribution in [0.5, 0.6) is 0 Å². The Balaban J connectivity index is 2.14. The van der Waals surface area contributed by atoms with Crippen LogP contribution in [0.4, 0.5) is 0 Å². The van der Waals surface area contributed by atoms with E-state index in [0.29, 0.717) is 12.1 Å². The smallest absolute Gasteiger partial charge is 0.0344 e. The Kier molecular flexibility index (Phi) is 3.62. The number of nitrogens with one attached hydrogen (secondary N) is 1. The van der Waals surface area contributed by atoms with Gasteiger partial charge in [-0.25, -0.2) is 0 Å². The van der Waals surface area contributed by atoms with E-state index < -0.39 is 0 Å². The van der Waals surface area contributed by atoms with Gasteiger partial charge >= 0.3 is 0 Å². The number of hydrogen-bond acceptors (Lipinski definition) is 2. The highest BCUT2D eigenvalue weighted by molar-refractivity contribution is 5.37. The number of rotatable bonds is 4. The van der Waals surface area contributed by atoms with Crippen molar-refractivity contribution in [2.24, 2.45) is 5.73 Å². The van der Waals surface area contributed by atoms with E-state index in [2.05, 4.69) is 43.4 Å². The second-order valence-corrected chi connectivity index (χ2v) is 4.70. The van der Waals surface area contributed by atoms with Crippen molar-refractivity contribution in [3.63, 3.8) is 0 Å². The summed E-state index contributed by atoms with van der Waals surface area (Å²) in [5.74, 6) is 0. The van der Waals surface area contributed by atoms with Gasteiger partial charge in [-0.15, -0.1) is 0 Å². The fourth-order valence-corrected chi connectivity index (χ4v) is 2.64. The molecule has 1 aromatic rings. The maximum Gasteiger partial charge on any atom is 0.0344 e. The van der Waals surface area contributed by atoms with Crippen LogP contribution in [0.3, 0.4) is 0 Å². The molecule has 0 fully saturated rings. The van der Waals surface area contributed by atoms with Crippen molar-refractivity contribution in [1.29, 1.82) is 0 Å². The molecule has 2 atom stereocenters. The molecule has 0 aliphatic heterocycles. The van der Waals surface area contributed by atoms with Crippen molar-refractivity contribution in [2.45, 2.75) is 51.2 Å². The normalized spacial score (nSPS) is 23.8. The summed E-state index contributed by atoms with van der Waals surface area (Å²) in [5.41, 5.74) is 8.88. The topological polar surface area (TPSA) is 38.0 Å². The van der Waals surface area contributed by atoms with Crippen molar-refractivity contribution in [2.75, 3.05) is 0 Å². The van der Waals surface area contributed by atoms with Gasteiger partial charge in [-0.3, -0.25) is 0 Å². The van der Waals surface area contributed by atoms with Crippen LogP contribution in [0.25, 0.3) is 0 Å². The van der Waals surface area contributed by atoms with E-state index in [1.54, 1.807) is 0 Å². The third kappa shape index (κ3) is 2.13. The second-order valence-electron chi connectivity index (χ2n) is 4.70. The van der Waals surface area contributed by atoms with E-state index >= 15 is 0 Å². The summed E-state index contributed by atoms with van der Waals surface area (Å²) < 4.78 is 0. The predicted molar refractivity (Wildman–Crippen MR) is 68.2 cm³/mol. The van der Waals surface area contributed by atoms with Crippen molar-refractivity contribution in [3.05, 3.63) is 35.4 Å². The monoisotopic (exact) mass is 218 g/mol. The van der Waals surface area contributed by atoms with E-state index in [4.69, 9.17) is 5.73 Å². The molecule has 1 aliphatic rings. The zero-order chi connectivity index (χ0) is 11.5. The van der Waals surface area contributed by atoms with Gasteiger partial charge < -0.3 is 11.1 Å². The summed E-state index contributed by atoms with van der Waals surface area (Å²) in [6.07, 6.45) is 3.41. The standard InChI is InChI=1S/C14H22N2/c1-3-10(4-2)16-14-9-13(15)11-7-5-6-8-12(11)14/h5-8,10,13-14,16H,3-4,9,15H2,1-2H3. The highest BCUT2D eigenvalue weighted by atomic mass is 15.0. The first-order valence-electron chi connectivity index (χ1n) is 6.36. The van der Waals surface area contributed by atoms with Gasteiger partial charge in [-0.05, 0) is 30.4 Å². The quantitative estimate of drug-likeness (QED) is 0.815. The van der Waals surface area contributed by atoms with Crippen molar-refractivity contribution < 1.29 is 0 Å². The summed E-state index contributed by atoms with van der Waals surface area (Å²) in [6.45, 7) is 4.48. The third-order valence-corrected chi connectivity index (χ3v) is 3.68. The Bertz CT molecular complexity index is 344. The molecule has 0 aromatic heterocycles. The average molecular weight is 218 g/mol. The molecule has 1 aromatic carbocycles. The molecule has 0 spiro atoms. The number of hydrogen-bond donors (Lipinski definition) is 2. The van der Waals surface area contributed by atoms with Crippen LogP contribution in [-0.2, 0) is 0 Å². The van der Waals surface area contributed by atoms with Crippen LogP contribution in [0.2, 0.25) is 0 Å². The molecule has 1 aliphatic carbocycles. The van der Waals surface area contributed by atoms with E-state index in [-0.39, 0.29) is 6.04 Å². The lowest BCUT2D eigenvalue weighted by Crippen LogP contribution is -2.31. The molecule has 3 N–H and O–H groups in total. The first-order valence-corrected chi connectivity index (χ1v) is 6.36. The number of benzene rings is 1. The number of fused-ring (bicyclic) bond motifs is 1.